The lowest BCUT2D eigenvalue weighted by Crippen LogP contribution is -2.13. The van der Waals surface area contributed by atoms with Gasteiger partial charge in [0.05, 0.1) is 12.3 Å². The molecule has 0 bridgehead atoms. The fourth-order valence-electron chi connectivity index (χ4n) is 2.16. The van der Waals surface area contributed by atoms with E-state index < -0.39 is 0 Å². The van der Waals surface area contributed by atoms with Gasteiger partial charge in [0, 0.05) is 0 Å². The van der Waals surface area contributed by atoms with Crippen LogP contribution < -0.4 is 9.47 Å². The van der Waals surface area contributed by atoms with Crippen molar-refractivity contribution in [1.82, 2.24) is 9.55 Å². The Balaban J connectivity index is 2.19. The molecule has 17 heavy (non-hydrogen) atoms. The summed E-state index contributed by atoms with van der Waals surface area (Å²) in [6.45, 7) is 5.06. The lowest BCUT2D eigenvalue weighted by Gasteiger charge is -2.20. The minimum atomic E-state index is 0.507. The van der Waals surface area contributed by atoms with Crippen molar-refractivity contribution in [3.05, 3.63) is 35.8 Å². The molecule has 4 nitrogen and oxygen atoms in total. The van der Waals surface area contributed by atoms with Gasteiger partial charge in [0.2, 0.25) is 5.88 Å². The number of fused-ring (bicyclic) bond motifs is 3. The van der Waals surface area contributed by atoms with Crippen LogP contribution in [0.4, 0.5) is 0 Å². The second-order valence-electron chi connectivity index (χ2n) is 3.94. The molecule has 4 heteroatoms. The van der Waals surface area contributed by atoms with Crippen LogP contribution in [0.5, 0.6) is 11.6 Å². The van der Waals surface area contributed by atoms with E-state index in [0.717, 1.165) is 23.0 Å². The molecule has 0 saturated heterocycles. The lowest BCUT2D eigenvalue weighted by molar-refractivity contribution is 0.266. The normalized spacial score (nSPS) is 12.6. The first-order valence-corrected chi connectivity index (χ1v) is 5.74. The highest BCUT2D eigenvalue weighted by atomic mass is 16.5. The highest BCUT2D eigenvalue weighted by Gasteiger charge is 2.23. The van der Waals surface area contributed by atoms with Gasteiger partial charge in [0.25, 0.3) is 0 Å². The number of para-hydroxylation sites is 2. The maximum Gasteiger partial charge on any atom is 0.239 e. The minimum absolute atomic E-state index is 0.507. The number of imidazole rings is 1. The van der Waals surface area contributed by atoms with E-state index in [2.05, 4.69) is 9.55 Å². The number of aryl methyl sites for hydroxylation is 1. The summed E-state index contributed by atoms with van der Waals surface area (Å²) in [5.41, 5.74) is 2.02. The van der Waals surface area contributed by atoms with Crippen molar-refractivity contribution in [2.24, 2.45) is 0 Å². The molecule has 0 unspecified atom stereocenters. The van der Waals surface area contributed by atoms with Crippen molar-refractivity contribution < 1.29 is 9.47 Å². The predicted molar refractivity (Wildman–Crippen MR) is 63.8 cm³/mol. The number of hydrogen-bond acceptors (Lipinski definition) is 3. The number of benzene rings is 1. The molecule has 3 rings (SSSR count). The standard InChI is InChI=1S/C13H14N2O2/c1-3-16-13-11-8-17-12-7-5-4-6-10(12)15(11)9(2)14-13/h4-7H,3,8H2,1-2H3. The van der Waals surface area contributed by atoms with Crippen LogP contribution in [0.1, 0.15) is 18.4 Å². The van der Waals surface area contributed by atoms with Crippen LogP contribution in [-0.4, -0.2) is 16.2 Å². The topological polar surface area (TPSA) is 36.3 Å². The van der Waals surface area contributed by atoms with Gasteiger partial charge in [-0.1, -0.05) is 12.1 Å². The molecule has 0 atom stereocenters. The van der Waals surface area contributed by atoms with Gasteiger partial charge >= 0.3 is 0 Å². The summed E-state index contributed by atoms with van der Waals surface area (Å²) >= 11 is 0. The third kappa shape index (κ3) is 1.48. The first-order valence-electron chi connectivity index (χ1n) is 5.74. The van der Waals surface area contributed by atoms with Gasteiger partial charge < -0.3 is 9.47 Å². The second-order valence-corrected chi connectivity index (χ2v) is 3.94. The highest BCUT2D eigenvalue weighted by Crippen LogP contribution is 2.34. The van der Waals surface area contributed by atoms with E-state index in [1.165, 1.54) is 0 Å². The third-order valence-electron chi connectivity index (χ3n) is 2.86. The fourth-order valence-corrected chi connectivity index (χ4v) is 2.16. The van der Waals surface area contributed by atoms with E-state index in [-0.39, 0.29) is 0 Å². The molecule has 0 spiro atoms. The smallest absolute Gasteiger partial charge is 0.239 e. The Kier molecular flexibility index (Phi) is 2.28. The van der Waals surface area contributed by atoms with Gasteiger partial charge in [-0.05, 0) is 26.0 Å². The zero-order valence-corrected chi connectivity index (χ0v) is 9.93. The molecular formula is C13H14N2O2. The second kappa shape index (κ2) is 3.80. The quantitative estimate of drug-likeness (QED) is 0.795. The molecule has 0 radical (unpaired) electrons. The van der Waals surface area contributed by atoms with Crippen LogP contribution in [0, 0.1) is 6.92 Å². The molecule has 0 saturated carbocycles. The van der Waals surface area contributed by atoms with Crippen molar-refractivity contribution in [2.45, 2.75) is 20.5 Å². The summed E-state index contributed by atoms with van der Waals surface area (Å²) in [6.07, 6.45) is 0. The molecule has 2 aromatic rings. The average Bonchev–Trinajstić information content (AvgIpc) is 2.67. The van der Waals surface area contributed by atoms with Gasteiger partial charge in [-0.3, -0.25) is 4.57 Å². The molecule has 2 heterocycles. The van der Waals surface area contributed by atoms with Crippen molar-refractivity contribution >= 4 is 0 Å². The zero-order chi connectivity index (χ0) is 11.8. The fraction of sp³-hybridized carbons (Fsp3) is 0.308. The van der Waals surface area contributed by atoms with E-state index in [1.54, 1.807) is 0 Å². The molecule has 1 aromatic heterocycles. The van der Waals surface area contributed by atoms with Crippen LogP contribution in [0.25, 0.3) is 5.69 Å². The Morgan fingerprint density at radius 2 is 2.24 bits per heavy atom. The van der Waals surface area contributed by atoms with Gasteiger partial charge in [-0.2, -0.15) is 4.98 Å². The van der Waals surface area contributed by atoms with E-state index >= 15 is 0 Å². The molecule has 0 aliphatic carbocycles. The van der Waals surface area contributed by atoms with Crippen molar-refractivity contribution in [3.63, 3.8) is 0 Å². The van der Waals surface area contributed by atoms with Crippen LogP contribution >= 0.6 is 0 Å². The summed E-state index contributed by atoms with van der Waals surface area (Å²) in [5, 5.41) is 0. The average molecular weight is 230 g/mol. The molecule has 88 valence electrons. The van der Waals surface area contributed by atoms with Crippen LogP contribution in [0.15, 0.2) is 24.3 Å². The number of nitrogens with zero attached hydrogens (tertiary/aromatic N) is 2. The summed E-state index contributed by atoms with van der Waals surface area (Å²) in [7, 11) is 0. The molecular weight excluding hydrogens is 216 g/mol. The summed E-state index contributed by atoms with van der Waals surface area (Å²) in [4.78, 5) is 4.44. The molecule has 0 N–H and O–H groups in total. The van der Waals surface area contributed by atoms with E-state index in [1.807, 2.05) is 38.1 Å². The Labute approximate surface area is 99.8 Å². The Morgan fingerprint density at radius 1 is 1.41 bits per heavy atom. The van der Waals surface area contributed by atoms with Crippen LogP contribution in [0.3, 0.4) is 0 Å². The van der Waals surface area contributed by atoms with Crippen molar-refractivity contribution in [1.29, 1.82) is 0 Å². The SMILES string of the molecule is CCOc1nc(C)n2c1COc1ccccc1-2. The van der Waals surface area contributed by atoms with Gasteiger partial charge in [0.1, 0.15) is 23.9 Å². The van der Waals surface area contributed by atoms with Crippen LogP contribution in [-0.2, 0) is 6.61 Å². The lowest BCUT2D eigenvalue weighted by atomic mass is 10.2. The van der Waals surface area contributed by atoms with Gasteiger partial charge in [0.15, 0.2) is 0 Å². The molecule has 1 aliphatic rings. The minimum Gasteiger partial charge on any atom is -0.485 e. The highest BCUT2D eigenvalue weighted by molar-refractivity contribution is 5.52. The predicted octanol–water partition coefficient (Wildman–Crippen LogP) is 2.47. The van der Waals surface area contributed by atoms with E-state index in [4.69, 9.17) is 9.47 Å². The van der Waals surface area contributed by atoms with E-state index in [9.17, 15) is 0 Å². The first kappa shape index (κ1) is 10.2. The number of rotatable bonds is 2. The third-order valence-corrected chi connectivity index (χ3v) is 2.86. The Bertz CT molecular complexity index is 561. The van der Waals surface area contributed by atoms with Gasteiger partial charge in [-0.25, -0.2) is 0 Å². The summed E-state index contributed by atoms with van der Waals surface area (Å²) < 4.78 is 13.3. The summed E-state index contributed by atoms with van der Waals surface area (Å²) in [6, 6.07) is 7.97. The first-order chi connectivity index (χ1) is 8.31. The number of hydrogen-bond donors (Lipinski definition) is 0. The molecule has 0 fully saturated rings. The summed E-state index contributed by atoms with van der Waals surface area (Å²) in [5.74, 6) is 2.50. The Hall–Kier alpha value is -1.97. The monoisotopic (exact) mass is 230 g/mol. The number of aromatic nitrogens is 2. The largest absolute Gasteiger partial charge is 0.485 e. The molecule has 1 aliphatic heterocycles. The molecule has 0 amide bonds. The zero-order valence-electron chi connectivity index (χ0n) is 9.93. The van der Waals surface area contributed by atoms with Gasteiger partial charge in [-0.15, -0.1) is 0 Å². The Morgan fingerprint density at radius 3 is 3.06 bits per heavy atom. The van der Waals surface area contributed by atoms with Crippen molar-refractivity contribution in [3.8, 4) is 17.3 Å². The van der Waals surface area contributed by atoms with Crippen LogP contribution in [0.2, 0.25) is 0 Å². The van der Waals surface area contributed by atoms with Crippen molar-refractivity contribution in [2.75, 3.05) is 6.61 Å². The maximum absolute atomic E-state index is 5.71. The number of ether oxygens (including phenoxy) is 2. The van der Waals surface area contributed by atoms with E-state index in [0.29, 0.717) is 19.1 Å². The molecule has 1 aromatic carbocycles. The maximum atomic E-state index is 5.71.